The first-order valence-corrected chi connectivity index (χ1v) is 24.2. The number of carbonyl (C=O) groups excluding carboxylic acids is 3. The minimum absolute atomic E-state index is 0.0137. The number of rotatable bonds is 38. The Morgan fingerprint density at radius 1 is 0.750 bits per heavy atom. The molecule has 0 bridgehead atoms. The second-order valence-electron chi connectivity index (χ2n) is 15.9. The molecule has 0 radical (unpaired) electrons. The second kappa shape index (κ2) is 36.0. The van der Waals surface area contributed by atoms with E-state index < -0.39 is 76.5 Å². The molecule has 1 aliphatic carbocycles. The van der Waals surface area contributed by atoms with E-state index in [2.05, 4.69) is 42.7 Å². The van der Waals surface area contributed by atoms with Gasteiger partial charge in [-0.15, -0.1) is 0 Å². The van der Waals surface area contributed by atoms with E-state index in [4.69, 9.17) is 19.1 Å². The van der Waals surface area contributed by atoms with Crippen LogP contribution in [0.2, 0.25) is 0 Å². The first kappa shape index (κ1) is 55.5. The maximum absolute atomic E-state index is 12.6. The number of hydrogen-bond donors (Lipinski definition) is 5. The first-order chi connectivity index (χ1) is 28.9. The Hall–Kier alpha value is -2.48. The van der Waals surface area contributed by atoms with Crippen molar-refractivity contribution in [1.29, 1.82) is 0 Å². The van der Waals surface area contributed by atoms with Gasteiger partial charge in [-0.05, 0) is 63.7 Å². The lowest BCUT2D eigenvalue weighted by molar-refractivity contribution is -0.161. The summed E-state index contributed by atoms with van der Waals surface area (Å²) in [6.07, 6.45) is 31.3. The highest BCUT2D eigenvalue weighted by Gasteiger charge is 2.39. The summed E-state index contributed by atoms with van der Waals surface area (Å²) in [6.45, 7) is 1.94. The molecule has 0 heterocycles. The summed E-state index contributed by atoms with van der Waals surface area (Å²) in [5, 5.41) is 39.1. The van der Waals surface area contributed by atoms with Crippen LogP contribution in [0, 0.1) is 11.8 Å². The average Bonchev–Trinajstić information content (AvgIpc) is 3.49. The molecule has 0 aliphatic heterocycles. The molecule has 1 unspecified atom stereocenters. The lowest BCUT2D eigenvalue weighted by Gasteiger charge is -2.20. The van der Waals surface area contributed by atoms with Crippen molar-refractivity contribution in [1.82, 2.24) is 0 Å². The van der Waals surface area contributed by atoms with Gasteiger partial charge in [-0.3, -0.25) is 23.4 Å². The SMILES string of the molecule is CCCCCCCC/C=C\C/C=C\C/C=C\CCCC(=O)O[C@H](COC(=O)CCCCCC[C@H]1[C@@H](O)CC(=O)[C@@H]1/C=C/[C@@H](O)CCCCC)COP(=O)(O)OC[C@@H](O)CO. The van der Waals surface area contributed by atoms with E-state index in [0.717, 1.165) is 51.4 Å². The number of ether oxygens (including phenoxy) is 2. The number of allylic oxidation sites excluding steroid dienone is 7. The van der Waals surface area contributed by atoms with Crippen molar-refractivity contribution in [3.63, 3.8) is 0 Å². The zero-order valence-electron chi connectivity index (χ0n) is 36.6. The third-order valence-corrected chi connectivity index (χ3v) is 11.3. The van der Waals surface area contributed by atoms with Crippen LogP contribution in [0.1, 0.15) is 162 Å². The van der Waals surface area contributed by atoms with Crippen molar-refractivity contribution in [2.45, 2.75) is 186 Å². The third-order valence-electron chi connectivity index (χ3n) is 10.4. The van der Waals surface area contributed by atoms with Crippen molar-refractivity contribution >= 4 is 25.5 Å². The molecule has 0 aromatic rings. The number of Topliss-reactive ketones (excluding diaryl/α,β-unsaturated/α-hetero) is 1. The summed E-state index contributed by atoms with van der Waals surface area (Å²) in [4.78, 5) is 47.7. The van der Waals surface area contributed by atoms with Gasteiger partial charge in [0, 0.05) is 25.2 Å². The molecule has 0 aromatic heterocycles. The molecule has 1 rings (SSSR count). The Labute approximate surface area is 360 Å². The summed E-state index contributed by atoms with van der Waals surface area (Å²) >= 11 is 0. The summed E-state index contributed by atoms with van der Waals surface area (Å²) in [7, 11) is -4.69. The molecule has 0 amide bonds. The highest BCUT2D eigenvalue weighted by Crippen LogP contribution is 2.43. The van der Waals surface area contributed by atoms with Crippen LogP contribution in [-0.4, -0.2) is 93.9 Å². The van der Waals surface area contributed by atoms with E-state index in [-0.39, 0.29) is 31.0 Å². The van der Waals surface area contributed by atoms with Crippen molar-refractivity contribution in [2.24, 2.45) is 11.8 Å². The van der Waals surface area contributed by atoms with Crippen LogP contribution >= 0.6 is 7.82 Å². The Kier molecular flexibility index (Phi) is 33.4. The molecule has 0 spiro atoms. The highest BCUT2D eigenvalue weighted by atomic mass is 31.2. The number of esters is 2. The standard InChI is InChI=1S/C46H79O13P/c1-3-5-7-8-9-10-11-12-13-14-15-16-17-18-19-20-26-30-46(53)59-40(37-58-60(54,55)57-35-39(49)34-47)36-56-45(52)29-25-22-21-24-28-41-42(44(51)33-43(41)50)32-31-38(48)27-23-6-4-2/h12-13,15-16,18-19,31-32,38-43,47-50H,3-11,14,17,20-30,33-37H2,1-2H3,(H,54,55)/b13-12-,16-15-,19-18-,32-31+/t38-,39-,40+,41+,42+,43-/m0/s1. The van der Waals surface area contributed by atoms with Gasteiger partial charge in [-0.2, -0.15) is 0 Å². The number of aliphatic hydroxyl groups excluding tert-OH is 4. The molecule has 14 heteroatoms. The smallest absolute Gasteiger partial charge is 0.462 e. The van der Waals surface area contributed by atoms with Gasteiger partial charge in [0.2, 0.25) is 0 Å². The number of phosphoric acid groups is 1. The molecular formula is C46H79O13P. The zero-order chi connectivity index (χ0) is 44.3. The molecule has 0 saturated heterocycles. The monoisotopic (exact) mass is 871 g/mol. The Morgan fingerprint density at radius 2 is 1.33 bits per heavy atom. The van der Waals surface area contributed by atoms with Crippen molar-refractivity contribution in [2.75, 3.05) is 26.4 Å². The molecule has 5 N–H and O–H groups in total. The molecule has 346 valence electrons. The van der Waals surface area contributed by atoms with Gasteiger partial charge in [0.25, 0.3) is 0 Å². The molecule has 1 fully saturated rings. The predicted molar refractivity (Wildman–Crippen MR) is 234 cm³/mol. The normalized spacial score (nSPS) is 19.8. The van der Waals surface area contributed by atoms with Gasteiger partial charge >= 0.3 is 19.8 Å². The Bertz CT molecular complexity index is 1300. The maximum Gasteiger partial charge on any atom is 0.472 e. The van der Waals surface area contributed by atoms with Gasteiger partial charge in [0.1, 0.15) is 18.5 Å². The number of carbonyl (C=O) groups is 3. The summed E-state index contributed by atoms with van der Waals surface area (Å²) in [5.74, 6) is -1.77. The summed E-state index contributed by atoms with van der Waals surface area (Å²) in [6, 6.07) is 0. The minimum atomic E-state index is -4.69. The van der Waals surface area contributed by atoms with Gasteiger partial charge in [0.05, 0.1) is 32.0 Å². The maximum atomic E-state index is 12.6. The van der Waals surface area contributed by atoms with Crippen LogP contribution in [0.3, 0.4) is 0 Å². The average molecular weight is 871 g/mol. The Balaban J connectivity index is 2.46. The molecule has 60 heavy (non-hydrogen) atoms. The largest absolute Gasteiger partial charge is 0.472 e. The van der Waals surface area contributed by atoms with E-state index in [9.17, 15) is 39.2 Å². The molecule has 13 nitrogen and oxygen atoms in total. The fourth-order valence-corrected chi connectivity index (χ4v) is 7.58. The van der Waals surface area contributed by atoms with Gasteiger partial charge in [-0.1, -0.05) is 133 Å². The topological polar surface area (TPSA) is 206 Å². The van der Waals surface area contributed by atoms with Crippen LogP contribution in [0.25, 0.3) is 0 Å². The van der Waals surface area contributed by atoms with Crippen molar-refractivity contribution in [3.05, 3.63) is 48.6 Å². The summed E-state index contributed by atoms with van der Waals surface area (Å²) in [5.41, 5.74) is 0. The van der Waals surface area contributed by atoms with Gasteiger partial charge in [-0.25, -0.2) is 4.57 Å². The number of ketones is 1. The molecular weight excluding hydrogens is 791 g/mol. The van der Waals surface area contributed by atoms with Crippen molar-refractivity contribution < 1.29 is 62.8 Å². The van der Waals surface area contributed by atoms with Gasteiger partial charge in [0.15, 0.2) is 6.10 Å². The fourth-order valence-electron chi connectivity index (χ4n) is 6.80. The van der Waals surface area contributed by atoms with E-state index in [1.807, 2.05) is 12.2 Å². The number of phosphoric ester groups is 1. The molecule has 0 aromatic carbocycles. The number of unbranched alkanes of at least 4 members (excludes halogenated alkanes) is 12. The quantitative estimate of drug-likeness (QED) is 0.0171. The van der Waals surface area contributed by atoms with E-state index in [1.54, 1.807) is 12.2 Å². The van der Waals surface area contributed by atoms with Gasteiger partial charge < -0.3 is 34.8 Å². The van der Waals surface area contributed by atoms with Crippen LogP contribution in [0.15, 0.2) is 48.6 Å². The van der Waals surface area contributed by atoms with Crippen LogP contribution in [0.5, 0.6) is 0 Å². The van der Waals surface area contributed by atoms with E-state index in [1.165, 1.54) is 38.5 Å². The molecule has 1 saturated carbocycles. The van der Waals surface area contributed by atoms with E-state index in [0.29, 0.717) is 38.5 Å². The number of hydrogen-bond acceptors (Lipinski definition) is 12. The lowest BCUT2D eigenvalue weighted by Crippen LogP contribution is -2.29. The fraction of sp³-hybridized carbons (Fsp3) is 0.761. The van der Waals surface area contributed by atoms with Crippen molar-refractivity contribution in [3.8, 4) is 0 Å². The molecule has 1 aliphatic rings. The Morgan fingerprint density at radius 3 is 2.03 bits per heavy atom. The first-order valence-electron chi connectivity index (χ1n) is 22.7. The summed E-state index contributed by atoms with van der Waals surface area (Å²) < 4.78 is 32.7. The van der Waals surface area contributed by atoms with Crippen LogP contribution < -0.4 is 0 Å². The third kappa shape index (κ3) is 29.7. The lowest BCUT2D eigenvalue weighted by atomic mass is 9.88. The predicted octanol–water partition coefficient (Wildman–Crippen LogP) is 8.70. The second-order valence-corrected chi connectivity index (χ2v) is 17.3. The molecule has 7 atom stereocenters. The van der Waals surface area contributed by atoms with Crippen LogP contribution in [-0.2, 0) is 37.5 Å². The number of aliphatic hydroxyl groups is 4. The zero-order valence-corrected chi connectivity index (χ0v) is 37.5. The minimum Gasteiger partial charge on any atom is -0.462 e. The van der Waals surface area contributed by atoms with E-state index >= 15 is 0 Å². The highest BCUT2D eigenvalue weighted by molar-refractivity contribution is 7.47. The van der Waals surface area contributed by atoms with Crippen LogP contribution in [0.4, 0.5) is 0 Å².